The van der Waals surface area contributed by atoms with E-state index in [9.17, 15) is 9.59 Å². The fraction of sp³-hybridized carbons (Fsp3) is 0.455. The Labute approximate surface area is 175 Å². The lowest BCUT2D eigenvalue weighted by Crippen LogP contribution is -2.45. The summed E-state index contributed by atoms with van der Waals surface area (Å²) in [6.07, 6.45) is 5.45. The van der Waals surface area contributed by atoms with Gasteiger partial charge in [0.25, 0.3) is 5.91 Å². The average molecular weight is 417 g/mol. The fourth-order valence-corrected chi connectivity index (χ4v) is 3.76. The maximum atomic E-state index is 13.2. The molecule has 7 heteroatoms. The van der Waals surface area contributed by atoms with E-state index >= 15 is 0 Å². The number of carbonyl (C=O) groups is 2. The molecule has 1 atom stereocenters. The van der Waals surface area contributed by atoms with Gasteiger partial charge >= 0.3 is 0 Å². The first-order valence-corrected chi connectivity index (χ1v) is 10.5. The molecule has 4 rings (SSSR count). The van der Waals surface area contributed by atoms with Crippen molar-refractivity contribution in [3.05, 3.63) is 59.0 Å². The molecule has 1 aromatic carbocycles. The van der Waals surface area contributed by atoms with Gasteiger partial charge in [-0.3, -0.25) is 9.59 Å². The Bertz CT molecular complexity index is 827. The monoisotopic (exact) mass is 416 g/mol. The summed E-state index contributed by atoms with van der Waals surface area (Å²) in [7, 11) is 0. The molecule has 2 amide bonds. The lowest BCUT2D eigenvalue weighted by Gasteiger charge is -2.29. The second-order valence-electron chi connectivity index (χ2n) is 7.66. The first-order chi connectivity index (χ1) is 14.1. The summed E-state index contributed by atoms with van der Waals surface area (Å²) in [5.74, 6) is 0.497. The van der Waals surface area contributed by atoms with E-state index in [0.717, 1.165) is 38.1 Å². The number of hydrogen-bond donors (Lipinski definition) is 0. The number of rotatable bonds is 8. The van der Waals surface area contributed by atoms with Gasteiger partial charge in [0, 0.05) is 29.8 Å². The second-order valence-corrected chi connectivity index (χ2v) is 8.10. The first kappa shape index (κ1) is 20.0. The van der Waals surface area contributed by atoms with Gasteiger partial charge in [-0.25, -0.2) is 0 Å². The summed E-state index contributed by atoms with van der Waals surface area (Å²) in [4.78, 5) is 29.7. The first-order valence-electron chi connectivity index (χ1n) is 10.1. The van der Waals surface area contributed by atoms with E-state index in [1.807, 2.05) is 12.1 Å². The van der Waals surface area contributed by atoms with E-state index in [0.29, 0.717) is 23.7 Å². The molecule has 1 saturated carbocycles. The molecule has 2 aromatic rings. The molecule has 2 heterocycles. The third-order valence-corrected chi connectivity index (χ3v) is 5.62. The van der Waals surface area contributed by atoms with Crippen LogP contribution in [0.5, 0.6) is 0 Å². The van der Waals surface area contributed by atoms with Crippen LogP contribution in [0.3, 0.4) is 0 Å². The minimum Gasteiger partial charge on any atom is -0.467 e. The molecule has 0 spiro atoms. The zero-order chi connectivity index (χ0) is 20.2. The van der Waals surface area contributed by atoms with Crippen LogP contribution in [0.25, 0.3) is 0 Å². The number of halogens is 1. The predicted molar refractivity (Wildman–Crippen MR) is 109 cm³/mol. The number of nitrogens with zero attached hydrogens (tertiary/aromatic N) is 2. The van der Waals surface area contributed by atoms with Crippen LogP contribution in [-0.2, 0) is 16.1 Å². The Balaban J connectivity index is 1.47. The molecule has 29 heavy (non-hydrogen) atoms. The number of benzene rings is 1. The van der Waals surface area contributed by atoms with Crippen molar-refractivity contribution in [2.45, 2.75) is 44.4 Å². The summed E-state index contributed by atoms with van der Waals surface area (Å²) >= 11 is 5.94. The number of hydrogen-bond acceptors (Lipinski definition) is 4. The van der Waals surface area contributed by atoms with Crippen LogP contribution in [0, 0.1) is 0 Å². The van der Waals surface area contributed by atoms with Crippen molar-refractivity contribution in [1.82, 2.24) is 9.80 Å². The summed E-state index contributed by atoms with van der Waals surface area (Å²) in [5.41, 5.74) is 0.547. The highest BCUT2D eigenvalue weighted by molar-refractivity contribution is 6.30. The lowest BCUT2D eigenvalue weighted by atomic mass is 10.2. The molecule has 2 fully saturated rings. The smallest absolute Gasteiger partial charge is 0.254 e. The molecule has 154 valence electrons. The minimum atomic E-state index is -0.132. The van der Waals surface area contributed by atoms with E-state index < -0.39 is 0 Å². The van der Waals surface area contributed by atoms with Crippen molar-refractivity contribution in [1.29, 1.82) is 0 Å². The third-order valence-electron chi connectivity index (χ3n) is 5.37. The normalized spacial score (nSPS) is 18.6. The van der Waals surface area contributed by atoms with Gasteiger partial charge in [0.15, 0.2) is 0 Å². The Morgan fingerprint density at radius 3 is 2.52 bits per heavy atom. The Morgan fingerprint density at radius 1 is 1.10 bits per heavy atom. The van der Waals surface area contributed by atoms with Crippen LogP contribution in [0.2, 0.25) is 5.02 Å². The molecule has 1 aliphatic heterocycles. The number of ether oxygens (including phenoxy) is 1. The third kappa shape index (κ3) is 5.19. The van der Waals surface area contributed by atoms with Gasteiger partial charge in [-0.05, 0) is 62.1 Å². The van der Waals surface area contributed by atoms with Crippen molar-refractivity contribution in [3.8, 4) is 0 Å². The molecule has 0 bridgehead atoms. The highest BCUT2D eigenvalue weighted by atomic mass is 35.5. The molecule has 2 aliphatic rings. The van der Waals surface area contributed by atoms with E-state index in [2.05, 4.69) is 0 Å². The molecule has 1 aromatic heterocycles. The van der Waals surface area contributed by atoms with Crippen LogP contribution in [0.15, 0.2) is 47.1 Å². The molecule has 6 nitrogen and oxygen atoms in total. The Morgan fingerprint density at radius 2 is 1.90 bits per heavy atom. The SMILES string of the molecule is O=C(CN(C(=O)c1ccc(Cl)cc1)C1CC1)N(Cc1ccco1)C[C@@H]1CCCO1. The van der Waals surface area contributed by atoms with Crippen molar-refractivity contribution in [2.75, 3.05) is 19.7 Å². The molecule has 0 unspecified atom stereocenters. The fourth-order valence-electron chi connectivity index (χ4n) is 3.64. The largest absolute Gasteiger partial charge is 0.467 e. The quantitative estimate of drug-likeness (QED) is 0.657. The van der Waals surface area contributed by atoms with Crippen LogP contribution in [0.1, 0.15) is 41.8 Å². The molecule has 1 aliphatic carbocycles. The van der Waals surface area contributed by atoms with E-state index in [1.54, 1.807) is 40.3 Å². The summed E-state index contributed by atoms with van der Waals surface area (Å²) in [6.45, 7) is 1.67. The zero-order valence-electron chi connectivity index (χ0n) is 16.3. The molecular formula is C22H25ClN2O4. The lowest BCUT2D eigenvalue weighted by molar-refractivity contribution is -0.134. The molecule has 0 radical (unpaired) electrons. The van der Waals surface area contributed by atoms with Crippen LogP contribution in [0.4, 0.5) is 0 Å². The van der Waals surface area contributed by atoms with Crippen molar-refractivity contribution in [2.24, 2.45) is 0 Å². The highest BCUT2D eigenvalue weighted by Gasteiger charge is 2.36. The average Bonchev–Trinajstić information content (AvgIpc) is 3.18. The Hall–Kier alpha value is -2.31. The van der Waals surface area contributed by atoms with Gasteiger partial charge in [-0.1, -0.05) is 11.6 Å². The van der Waals surface area contributed by atoms with Crippen LogP contribution in [-0.4, -0.2) is 53.5 Å². The maximum absolute atomic E-state index is 13.2. The summed E-state index contributed by atoms with van der Waals surface area (Å²) < 4.78 is 11.2. The van der Waals surface area contributed by atoms with Gasteiger partial charge in [-0.15, -0.1) is 0 Å². The zero-order valence-corrected chi connectivity index (χ0v) is 17.0. The Kier molecular flexibility index (Phi) is 6.21. The molecule has 1 saturated heterocycles. The minimum absolute atomic E-state index is 0.0373. The molecular weight excluding hydrogens is 392 g/mol. The van der Waals surface area contributed by atoms with Gasteiger partial charge in [0.1, 0.15) is 12.3 Å². The second kappa shape index (κ2) is 9.01. The van der Waals surface area contributed by atoms with Gasteiger partial charge in [-0.2, -0.15) is 0 Å². The highest BCUT2D eigenvalue weighted by Crippen LogP contribution is 2.29. The summed E-state index contributed by atoms with van der Waals surface area (Å²) in [6, 6.07) is 10.6. The van der Waals surface area contributed by atoms with Crippen molar-refractivity contribution >= 4 is 23.4 Å². The topological polar surface area (TPSA) is 63.0 Å². The van der Waals surface area contributed by atoms with Gasteiger partial charge in [0.2, 0.25) is 5.91 Å². The predicted octanol–water partition coefficient (Wildman–Crippen LogP) is 3.75. The van der Waals surface area contributed by atoms with Gasteiger partial charge in [0.05, 0.1) is 18.9 Å². The van der Waals surface area contributed by atoms with Crippen LogP contribution < -0.4 is 0 Å². The molecule has 0 N–H and O–H groups in total. The van der Waals surface area contributed by atoms with E-state index in [4.69, 9.17) is 20.8 Å². The standard InChI is InChI=1S/C22H25ClN2O4/c23-17-7-5-16(6-8-17)22(27)25(18-9-10-18)15-21(26)24(13-19-3-1-11-28-19)14-20-4-2-12-29-20/h1,3,5-8,11,18,20H,2,4,9-10,12-15H2/t20-/m0/s1. The van der Waals surface area contributed by atoms with Crippen molar-refractivity contribution in [3.63, 3.8) is 0 Å². The maximum Gasteiger partial charge on any atom is 0.254 e. The van der Waals surface area contributed by atoms with E-state index in [-0.39, 0.29) is 30.5 Å². The van der Waals surface area contributed by atoms with E-state index in [1.165, 1.54) is 0 Å². The summed E-state index contributed by atoms with van der Waals surface area (Å²) in [5, 5.41) is 0.580. The van der Waals surface area contributed by atoms with Crippen LogP contribution >= 0.6 is 11.6 Å². The van der Waals surface area contributed by atoms with Crippen molar-refractivity contribution < 1.29 is 18.7 Å². The number of furan rings is 1. The number of carbonyl (C=O) groups excluding carboxylic acids is 2. The number of amides is 2. The van der Waals surface area contributed by atoms with Gasteiger partial charge < -0.3 is 19.0 Å².